The average Bonchev–Trinajstić information content (AvgIpc) is 3.35. The van der Waals surface area contributed by atoms with Crippen LogP contribution in [0.25, 0.3) is 0 Å². The topological polar surface area (TPSA) is 45.2 Å². The van der Waals surface area contributed by atoms with Gasteiger partial charge in [-0.3, -0.25) is 4.98 Å². The molecular formula is C18H21N3O. The van der Waals surface area contributed by atoms with E-state index in [0.717, 1.165) is 19.3 Å². The van der Waals surface area contributed by atoms with E-state index in [0.29, 0.717) is 6.54 Å². The van der Waals surface area contributed by atoms with E-state index in [1.54, 1.807) is 17.3 Å². The Morgan fingerprint density at radius 1 is 1.18 bits per heavy atom. The molecule has 1 N–H and O–H groups in total. The predicted octanol–water partition coefficient (Wildman–Crippen LogP) is 2.95. The second-order valence-electron chi connectivity index (χ2n) is 5.91. The highest BCUT2D eigenvalue weighted by Crippen LogP contribution is 2.45. The lowest BCUT2D eigenvalue weighted by Gasteiger charge is -2.23. The highest BCUT2D eigenvalue weighted by atomic mass is 16.2. The molecule has 4 heteroatoms. The number of pyridine rings is 1. The summed E-state index contributed by atoms with van der Waals surface area (Å²) in [6, 6.07) is 14.2. The number of nitrogens with one attached hydrogen (secondary N) is 1. The van der Waals surface area contributed by atoms with Crippen molar-refractivity contribution in [1.29, 1.82) is 0 Å². The molecule has 0 bridgehead atoms. The van der Waals surface area contributed by atoms with Crippen molar-refractivity contribution in [2.75, 3.05) is 13.6 Å². The first-order valence-electron chi connectivity index (χ1n) is 7.67. The molecule has 0 unspecified atom stereocenters. The number of carbonyl (C=O) groups excluding carboxylic acids is 1. The van der Waals surface area contributed by atoms with Crippen LogP contribution in [-0.4, -0.2) is 29.5 Å². The van der Waals surface area contributed by atoms with E-state index in [4.69, 9.17) is 0 Å². The van der Waals surface area contributed by atoms with Crippen molar-refractivity contribution in [3.05, 3.63) is 66.0 Å². The summed E-state index contributed by atoms with van der Waals surface area (Å²) in [6.45, 7) is 0.695. The van der Waals surface area contributed by atoms with E-state index in [1.165, 1.54) is 11.1 Å². The maximum Gasteiger partial charge on any atom is 0.317 e. The van der Waals surface area contributed by atoms with Crippen molar-refractivity contribution < 1.29 is 4.79 Å². The molecule has 2 amide bonds. The Morgan fingerprint density at radius 2 is 1.86 bits per heavy atom. The van der Waals surface area contributed by atoms with Crippen molar-refractivity contribution in [1.82, 2.24) is 15.2 Å². The summed E-state index contributed by atoms with van der Waals surface area (Å²) >= 11 is 0. The standard InChI is InChI=1S/C18H21N3O/c1-21(14-9-15-7-12-19-13-8-15)17(22)20-18(10-11-18)16-5-3-2-4-6-16/h2-8,12-13H,9-11,14H2,1H3,(H,20,22). The molecule has 4 nitrogen and oxygen atoms in total. The second kappa shape index (κ2) is 6.18. The van der Waals surface area contributed by atoms with Gasteiger partial charge in [0.25, 0.3) is 0 Å². The van der Waals surface area contributed by atoms with Crippen LogP contribution in [0.3, 0.4) is 0 Å². The lowest BCUT2D eigenvalue weighted by molar-refractivity contribution is 0.203. The zero-order valence-corrected chi connectivity index (χ0v) is 12.8. The number of rotatable bonds is 5. The summed E-state index contributed by atoms with van der Waals surface area (Å²) < 4.78 is 0. The van der Waals surface area contributed by atoms with Crippen LogP contribution in [-0.2, 0) is 12.0 Å². The van der Waals surface area contributed by atoms with Crippen molar-refractivity contribution in [2.45, 2.75) is 24.8 Å². The molecule has 1 aromatic carbocycles. The van der Waals surface area contributed by atoms with E-state index in [2.05, 4.69) is 22.4 Å². The number of urea groups is 1. The van der Waals surface area contributed by atoms with E-state index in [1.807, 2.05) is 37.4 Å². The van der Waals surface area contributed by atoms with Crippen molar-refractivity contribution in [3.63, 3.8) is 0 Å². The van der Waals surface area contributed by atoms with Gasteiger partial charge >= 0.3 is 6.03 Å². The normalized spacial score (nSPS) is 15.1. The number of amides is 2. The van der Waals surface area contributed by atoms with Crippen LogP contribution >= 0.6 is 0 Å². The molecule has 0 saturated heterocycles. The molecule has 1 saturated carbocycles. The Kier molecular flexibility index (Phi) is 4.09. The van der Waals surface area contributed by atoms with Crippen LogP contribution < -0.4 is 5.32 Å². The Balaban J connectivity index is 1.56. The maximum absolute atomic E-state index is 12.4. The van der Waals surface area contributed by atoms with Crippen LogP contribution in [0.2, 0.25) is 0 Å². The number of benzene rings is 1. The Labute approximate surface area is 131 Å². The van der Waals surface area contributed by atoms with Crippen LogP contribution in [0, 0.1) is 0 Å². The third-order valence-electron chi connectivity index (χ3n) is 4.25. The SMILES string of the molecule is CN(CCc1ccncc1)C(=O)NC1(c2ccccc2)CC1. The van der Waals surface area contributed by atoms with Gasteiger partial charge in [-0.2, -0.15) is 0 Å². The largest absolute Gasteiger partial charge is 0.328 e. The highest BCUT2D eigenvalue weighted by Gasteiger charge is 2.45. The number of hydrogen-bond donors (Lipinski definition) is 1. The van der Waals surface area contributed by atoms with Crippen molar-refractivity contribution >= 4 is 6.03 Å². The van der Waals surface area contributed by atoms with Gasteiger partial charge in [0.2, 0.25) is 0 Å². The molecule has 114 valence electrons. The fraction of sp³-hybridized carbons (Fsp3) is 0.333. The van der Waals surface area contributed by atoms with E-state index >= 15 is 0 Å². The smallest absolute Gasteiger partial charge is 0.317 e. The van der Waals surface area contributed by atoms with Crippen LogP contribution in [0.1, 0.15) is 24.0 Å². The van der Waals surface area contributed by atoms with E-state index in [-0.39, 0.29) is 11.6 Å². The summed E-state index contributed by atoms with van der Waals surface area (Å²) in [5, 5.41) is 3.19. The fourth-order valence-corrected chi connectivity index (χ4v) is 2.62. The number of aromatic nitrogens is 1. The second-order valence-corrected chi connectivity index (χ2v) is 5.91. The predicted molar refractivity (Wildman–Crippen MR) is 86.5 cm³/mol. The molecule has 0 radical (unpaired) electrons. The zero-order valence-electron chi connectivity index (χ0n) is 12.8. The zero-order chi connectivity index (χ0) is 15.4. The summed E-state index contributed by atoms with van der Waals surface area (Å²) in [7, 11) is 1.84. The van der Waals surface area contributed by atoms with Gasteiger partial charge in [-0.05, 0) is 42.5 Å². The highest BCUT2D eigenvalue weighted by molar-refractivity contribution is 5.75. The third-order valence-corrected chi connectivity index (χ3v) is 4.25. The van der Waals surface area contributed by atoms with Gasteiger partial charge in [0.15, 0.2) is 0 Å². The van der Waals surface area contributed by atoms with E-state index < -0.39 is 0 Å². The molecule has 1 heterocycles. The molecule has 1 aliphatic rings. The first kappa shape index (κ1) is 14.6. The summed E-state index contributed by atoms with van der Waals surface area (Å²) in [4.78, 5) is 18.2. The number of carbonyl (C=O) groups is 1. The maximum atomic E-state index is 12.4. The monoisotopic (exact) mass is 295 g/mol. The molecule has 2 aromatic rings. The fourth-order valence-electron chi connectivity index (χ4n) is 2.62. The summed E-state index contributed by atoms with van der Waals surface area (Å²) in [6.07, 6.45) is 6.43. The Bertz CT molecular complexity index is 623. The lowest BCUT2D eigenvalue weighted by Crippen LogP contribution is -2.43. The number of hydrogen-bond acceptors (Lipinski definition) is 2. The van der Waals surface area contributed by atoms with Gasteiger partial charge in [0, 0.05) is 26.0 Å². The van der Waals surface area contributed by atoms with E-state index in [9.17, 15) is 4.79 Å². The molecular weight excluding hydrogens is 274 g/mol. The van der Waals surface area contributed by atoms with Gasteiger partial charge in [0.05, 0.1) is 5.54 Å². The minimum absolute atomic E-state index is 0.00425. The van der Waals surface area contributed by atoms with Gasteiger partial charge in [-0.25, -0.2) is 4.79 Å². The quantitative estimate of drug-likeness (QED) is 0.921. The summed E-state index contributed by atoms with van der Waals surface area (Å²) in [5.74, 6) is 0. The first-order chi connectivity index (χ1) is 10.7. The molecule has 0 spiro atoms. The molecule has 22 heavy (non-hydrogen) atoms. The Morgan fingerprint density at radius 3 is 2.50 bits per heavy atom. The summed E-state index contributed by atoms with van der Waals surface area (Å²) in [5.41, 5.74) is 2.24. The van der Waals surface area contributed by atoms with Crippen molar-refractivity contribution in [2.24, 2.45) is 0 Å². The molecule has 0 atom stereocenters. The van der Waals surface area contributed by atoms with Crippen molar-refractivity contribution in [3.8, 4) is 0 Å². The van der Waals surface area contributed by atoms with Crippen LogP contribution in [0.15, 0.2) is 54.9 Å². The Hall–Kier alpha value is -2.36. The molecule has 3 rings (SSSR count). The minimum Gasteiger partial charge on any atom is -0.328 e. The van der Waals surface area contributed by atoms with Gasteiger partial charge < -0.3 is 10.2 Å². The van der Waals surface area contributed by atoms with Gasteiger partial charge in [0.1, 0.15) is 0 Å². The first-order valence-corrected chi connectivity index (χ1v) is 7.67. The lowest BCUT2D eigenvalue weighted by atomic mass is 10.1. The van der Waals surface area contributed by atoms with Crippen LogP contribution in [0.5, 0.6) is 0 Å². The van der Waals surface area contributed by atoms with Crippen LogP contribution in [0.4, 0.5) is 4.79 Å². The molecule has 1 fully saturated rings. The minimum atomic E-state index is -0.150. The average molecular weight is 295 g/mol. The van der Waals surface area contributed by atoms with Gasteiger partial charge in [-0.15, -0.1) is 0 Å². The number of likely N-dealkylation sites (N-methyl/N-ethyl adjacent to an activating group) is 1. The third kappa shape index (κ3) is 3.27. The van der Waals surface area contributed by atoms with Gasteiger partial charge in [-0.1, -0.05) is 30.3 Å². The molecule has 1 aliphatic carbocycles. The molecule has 1 aromatic heterocycles. The molecule has 0 aliphatic heterocycles. The number of nitrogens with zero attached hydrogens (tertiary/aromatic N) is 2.